The molecule has 0 radical (unpaired) electrons. The molecule has 0 unspecified atom stereocenters. The lowest BCUT2D eigenvalue weighted by molar-refractivity contribution is 0.109. The third kappa shape index (κ3) is 2.46. The molecule has 0 saturated carbocycles. The lowest BCUT2D eigenvalue weighted by Gasteiger charge is -2.17. The van der Waals surface area contributed by atoms with E-state index < -0.39 is 0 Å². The number of fused-ring (bicyclic) bond motifs is 1. The fourth-order valence-electron chi connectivity index (χ4n) is 2.25. The minimum atomic E-state index is -0.360. The molecule has 2 heterocycles. The molecule has 2 aromatic rings. The molecule has 20 heavy (non-hydrogen) atoms. The van der Waals surface area contributed by atoms with Crippen molar-refractivity contribution in [3.8, 4) is 0 Å². The SMILES string of the molecule is Nc1nc(Cc2c(F)cccc2Cl)nc2c1COCC2. The Hall–Kier alpha value is -1.72. The molecule has 1 aromatic heterocycles. The minimum absolute atomic E-state index is 0.226. The van der Waals surface area contributed by atoms with Crippen LogP contribution in [0.25, 0.3) is 0 Å². The Balaban J connectivity index is 1.97. The number of anilines is 1. The number of ether oxygens (including phenoxy) is 1. The number of aromatic nitrogens is 2. The summed E-state index contributed by atoms with van der Waals surface area (Å²) in [5, 5.41) is 0.369. The van der Waals surface area contributed by atoms with Gasteiger partial charge >= 0.3 is 0 Å². The van der Waals surface area contributed by atoms with E-state index in [4.69, 9.17) is 22.1 Å². The highest BCUT2D eigenvalue weighted by atomic mass is 35.5. The quantitative estimate of drug-likeness (QED) is 0.924. The Labute approximate surface area is 120 Å². The molecule has 0 fully saturated rings. The molecular formula is C14H13ClFN3O. The summed E-state index contributed by atoms with van der Waals surface area (Å²) in [5.74, 6) is 0.521. The summed E-state index contributed by atoms with van der Waals surface area (Å²) in [4.78, 5) is 8.68. The Bertz CT molecular complexity index is 643. The number of hydrogen-bond acceptors (Lipinski definition) is 4. The Morgan fingerprint density at radius 1 is 1.35 bits per heavy atom. The average Bonchev–Trinajstić information content (AvgIpc) is 2.43. The largest absolute Gasteiger partial charge is 0.383 e. The summed E-state index contributed by atoms with van der Waals surface area (Å²) < 4.78 is 19.1. The van der Waals surface area contributed by atoms with Crippen molar-refractivity contribution in [1.29, 1.82) is 0 Å². The van der Waals surface area contributed by atoms with Gasteiger partial charge in [0.1, 0.15) is 17.5 Å². The zero-order valence-electron chi connectivity index (χ0n) is 10.7. The summed E-state index contributed by atoms with van der Waals surface area (Å²) in [6.45, 7) is 1.05. The van der Waals surface area contributed by atoms with E-state index in [1.165, 1.54) is 6.07 Å². The molecular weight excluding hydrogens is 281 g/mol. The highest BCUT2D eigenvalue weighted by Crippen LogP contribution is 2.24. The van der Waals surface area contributed by atoms with Crippen molar-refractivity contribution in [3.63, 3.8) is 0 Å². The number of hydrogen-bond donors (Lipinski definition) is 1. The van der Waals surface area contributed by atoms with Crippen LogP contribution in [0.1, 0.15) is 22.6 Å². The standard InChI is InChI=1S/C14H13ClFN3O/c15-10-2-1-3-11(16)8(10)6-13-18-12-4-5-20-7-9(12)14(17)19-13/h1-3H,4-7H2,(H2,17,18,19). The highest BCUT2D eigenvalue weighted by molar-refractivity contribution is 6.31. The number of benzene rings is 1. The lowest BCUT2D eigenvalue weighted by atomic mass is 10.1. The summed E-state index contributed by atoms with van der Waals surface area (Å²) in [6.07, 6.45) is 0.921. The normalized spacial score (nSPS) is 14.1. The van der Waals surface area contributed by atoms with Crippen LogP contribution in [0, 0.1) is 5.82 Å². The summed E-state index contributed by atoms with van der Waals surface area (Å²) in [5.41, 5.74) is 8.02. The summed E-state index contributed by atoms with van der Waals surface area (Å²) >= 11 is 6.02. The van der Waals surface area contributed by atoms with Gasteiger partial charge in [0.25, 0.3) is 0 Å². The fraction of sp³-hybridized carbons (Fsp3) is 0.286. The van der Waals surface area contributed by atoms with E-state index in [0.29, 0.717) is 41.9 Å². The van der Waals surface area contributed by atoms with Crippen molar-refractivity contribution in [1.82, 2.24) is 9.97 Å². The van der Waals surface area contributed by atoms with Gasteiger partial charge in [-0.05, 0) is 12.1 Å². The lowest BCUT2D eigenvalue weighted by Crippen LogP contribution is -2.17. The van der Waals surface area contributed by atoms with Crippen molar-refractivity contribution in [2.24, 2.45) is 0 Å². The van der Waals surface area contributed by atoms with Gasteiger partial charge in [0.2, 0.25) is 0 Å². The maximum Gasteiger partial charge on any atom is 0.135 e. The van der Waals surface area contributed by atoms with Crippen LogP contribution in [0.2, 0.25) is 5.02 Å². The van der Waals surface area contributed by atoms with Gasteiger partial charge in [0.15, 0.2) is 0 Å². The number of halogens is 2. The zero-order chi connectivity index (χ0) is 14.1. The molecule has 1 aliphatic heterocycles. The predicted octanol–water partition coefficient (Wildman–Crippen LogP) is 2.51. The molecule has 0 spiro atoms. The van der Waals surface area contributed by atoms with Crippen LogP contribution in [-0.2, 0) is 24.2 Å². The zero-order valence-corrected chi connectivity index (χ0v) is 11.5. The number of nitrogens with two attached hydrogens (primary N) is 1. The number of rotatable bonds is 2. The van der Waals surface area contributed by atoms with Crippen molar-refractivity contribution >= 4 is 17.4 Å². The maximum absolute atomic E-state index is 13.8. The maximum atomic E-state index is 13.8. The van der Waals surface area contributed by atoms with Gasteiger partial charge < -0.3 is 10.5 Å². The van der Waals surface area contributed by atoms with Crippen LogP contribution in [0.4, 0.5) is 10.2 Å². The van der Waals surface area contributed by atoms with Crippen molar-refractivity contribution < 1.29 is 9.13 Å². The molecule has 0 aliphatic carbocycles. The Morgan fingerprint density at radius 3 is 3.00 bits per heavy atom. The Kier molecular flexibility index (Phi) is 3.54. The first-order valence-corrected chi connectivity index (χ1v) is 6.67. The average molecular weight is 294 g/mol. The van der Waals surface area contributed by atoms with E-state index in [1.54, 1.807) is 12.1 Å². The number of nitrogens with zero attached hydrogens (tertiary/aromatic N) is 2. The third-order valence-electron chi connectivity index (χ3n) is 3.30. The topological polar surface area (TPSA) is 61.0 Å². The summed E-state index contributed by atoms with van der Waals surface area (Å²) in [6, 6.07) is 4.59. The molecule has 0 amide bonds. The summed E-state index contributed by atoms with van der Waals surface area (Å²) in [7, 11) is 0. The van der Waals surface area contributed by atoms with E-state index in [0.717, 1.165) is 11.3 Å². The molecule has 1 aromatic carbocycles. The van der Waals surface area contributed by atoms with Gasteiger partial charge in [-0.2, -0.15) is 0 Å². The molecule has 0 bridgehead atoms. The molecule has 2 N–H and O–H groups in total. The van der Waals surface area contributed by atoms with Crippen molar-refractivity contribution in [3.05, 3.63) is 51.7 Å². The van der Waals surface area contributed by atoms with Gasteiger partial charge in [0.05, 0.1) is 18.9 Å². The van der Waals surface area contributed by atoms with Gasteiger partial charge in [-0.3, -0.25) is 0 Å². The van der Waals surface area contributed by atoms with Gasteiger partial charge in [-0.1, -0.05) is 17.7 Å². The third-order valence-corrected chi connectivity index (χ3v) is 3.65. The van der Waals surface area contributed by atoms with E-state index >= 15 is 0 Å². The van der Waals surface area contributed by atoms with Crippen LogP contribution >= 0.6 is 11.6 Å². The monoisotopic (exact) mass is 293 g/mol. The molecule has 3 rings (SSSR count). The molecule has 0 atom stereocenters. The highest BCUT2D eigenvalue weighted by Gasteiger charge is 2.18. The smallest absolute Gasteiger partial charge is 0.135 e. The fourth-order valence-corrected chi connectivity index (χ4v) is 2.48. The van der Waals surface area contributed by atoms with E-state index in [-0.39, 0.29) is 12.2 Å². The van der Waals surface area contributed by atoms with Crippen LogP contribution < -0.4 is 5.73 Å². The second-order valence-electron chi connectivity index (χ2n) is 4.63. The molecule has 0 saturated heterocycles. The van der Waals surface area contributed by atoms with Gasteiger partial charge in [-0.25, -0.2) is 14.4 Å². The first-order chi connectivity index (χ1) is 9.65. The number of nitrogen functional groups attached to an aromatic ring is 1. The van der Waals surface area contributed by atoms with Crippen LogP contribution in [0.3, 0.4) is 0 Å². The second-order valence-corrected chi connectivity index (χ2v) is 5.04. The molecule has 1 aliphatic rings. The van der Waals surface area contributed by atoms with Crippen LogP contribution in [-0.4, -0.2) is 16.6 Å². The minimum Gasteiger partial charge on any atom is -0.383 e. The first kappa shape index (κ1) is 13.3. The molecule has 4 nitrogen and oxygen atoms in total. The van der Waals surface area contributed by atoms with E-state index in [9.17, 15) is 4.39 Å². The first-order valence-electron chi connectivity index (χ1n) is 6.30. The van der Waals surface area contributed by atoms with E-state index in [1.807, 2.05) is 0 Å². The van der Waals surface area contributed by atoms with E-state index in [2.05, 4.69) is 9.97 Å². The van der Waals surface area contributed by atoms with Gasteiger partial charge in [0, 0.05) is 29.0 Å². The van der Waals surface area contributed by atoms with Crippen LogP contribution in [0.5, 0.6) is 0 Å². The van der Waals surface area contributed by atoms with Crippen molar-refractivity contribution in [2.45, 2.75) is 19.4 Å². The van der Waals surface area contributed by atoms with Crippen LogP contribution in [0.15, 0.2) is 18.2 Å². The predicted molar refractivity (Wildman–Crippen MR) is 74.0 cm³/mol. The Morgan fingerprint density at radius 2 is 2.20 bits per heavy atom. The second kappa shape index (κ2) is 5.34. The molecule has 104 valence electrons. The van der Waals surface area contributed by atoms with Crippen molar-refractivity contribution in [2.75, 3.05) is 12.3 Å². The molecule has 6 heteroatoms. The van der Waals surface area contributed by atoms with Gasteiger partial charge in [-0.15, -0.1) is 0 Å².